The van der Waals surface area contributed by atoms with E-state index in [0.717, 1.165) is 6.07 Å². The number of unbranched alkanes of at least 4 members (excludes halogenated alkanes) is 1. The van der Waals surface area contributed by atoms with Crippen LogP contribution in [0, 0.1) is 0 Å². The van der Waals surface area contributed by atoms with Crippen molar-refractivity contribution in [2.45, 2.75) is 48.5 Å². The van der Waals surface area contributed by atoms with Gasteiger partial charge in [0.15, 0.2) is 0 Å². The van der Waals surface area contributed by atoms with Gasteiger partial charge in [-0.25, -0.2) is 8.42 Å². The van der Waals surface area contributed by atoms with Crippen LogP contribution in [0.5, 0.6) is 0 Å². The van der Waals surface area contributed by atoms with Crippen molar-refractivity contribution in [1.29, 1.82) is 0 Å². The van der Waals surface area contributed by atoms with Crippen molar-refractivity contribution in [1.82, 2.24) is 4.57 Å². The fraction of sp³-hybridized carbons (Fsp3) is 0.273. The molecule has 32 heavy (non-hydrogen) atoms. The van der Waals surface area contributed by atoms with Crippen molar-refractivity contribution in [2.24, 2.45) is 0 Å². The maximum Gasteiger partial charge on any atom is 0.416 e. The average Bonchev–Trinajstić information content (AvgIpc) is 3.16. The Kier molecular flexibility index (Phi) is 6.46. The Bertz CT molecular complexity index is 1160. The maximum absolute atomic E-state index is 13.3. The number of benzene rings is 2. The minimum Gasteiger partial charge on any atom is -0.346 e. The molecule has 3 aromatic rings. The van der Waals surface area contributed by atoms with Gasteiger partial charge >= 0.3 is 12.4 Å². The Hall–Kier alpha value is -2.75. The molecule has 1 heterocycles. The fourth-order valence-corrected chi connectivity index (χ4v) is 4.55. The predicted molar refractivity (Wildman–Crippen MR) is 107 cm³/mol. The first kappa shape index (κ1) is 23.9. The van der Waals surface area contributed by atoms with Crippen LogP contribution in [0.4, 0.5) is 26.3 Å². The molecule has 0 atom stereocenters. The molecule has 0 saturated carbocycles. The van der Waals surface area contributed by atoms with Crippen LogP contribution < -0.4 is 0 Å². The fourth-order valence-electron chi connectivity index (χ4n) is 3.23. The third-order valence-corrected chi connectivity index (χ3v) is 6.61. The van der Waals surface area contributed by atoms with Gasteiger partial charge in [-0.1, -0.05) is 31.5 Å². The summed E-state index contributed by atoms with van der Waals surface area (Å²) in [7, 11) is -4.02. The molecule has 3 nitrogen and oxygen atoms in total. The Morgan fingerprint density at radius 1 is 0.812 bits per heavy atom. The summed E-state index contributed by atoms with van der Waals surface area (Å²) in [6, 6.07) is 9.76. The van der Waals surface area contributed by atoms with Crippen LogP contribution >= 0.6 is 0 Å². The third-order valence-electron chi connectivity index (χ3n) is 4.87. The summed E-state index contributed by atoms with van der Waals surface area (Å²) < 4.78 is 107. The zero-order chi connectivity index (χ0) is 23.7. The predicted octanol–water partition coefficient (Wildman–Crippen LogP) is 6.83. The quantitative estimate of drug-likeness (QED) is 0.367. The SMILES string of the molecule is CCCCn1cc(S(=O)(=O)c2ccccc2)cc1-c1cc(C(F)(F)F)cc(C(F)(F)F)c1. The summed E-state index contributed by atoms with van der Waals surface area (Å²) >= 11 is 0. The van der Waals surface area contributed by atoms with E-state index in [9.17, 15) is 34.8 Å². The number of sulfone groups is 1. The molecule has 10 heteroatoms. The normalized spacial score (nSPS) is 12.8. The Labute approximate surface area is 181 Å². The number of hydrogen-bond acceptors (Lipinski definition) is 2. The number of alkyl halides is 6. The minimum atomic E-state index is -5.00. The van der Waals surface area contributed by atoms with Crippen LogP contribution in [0.15, 0.2) is 70.6 Å². The van der Waals surface area contributed by atoms with Gasteiger partial charge < -0.3 is 4.57 Å². The van der Waals surface area contributed by atoms with Crippen LogP contribution in [0.3, 0.4) is 0 Å². The highest BCUT2D eigenvalue weighted by Gasteiger charge is 2.37. The van der Waals surface area contributed by atoms with Crippen molar-refractivity contribution in [3.8, 4) is 11.3 Å². The summed E-state index contributed by atoms with van der Waals surface area (Å²) in [5, 5.41) is 0. The van der Waals surface area contributed by atoms with E-state index in [1.54, 1.807) is 6.07 Å². The van der Waals surface area contributed by atoms with Crippen molar-refractivity contribution in [3.05, 3.63) is 71.9 Å². The largest absolute Gasteiger partial charge is 0.416 e. The van der Waals surface area contributed by atoms with Gasteiger partial charge in [0.05, 0.1) is 20.9 Å². The second-order valence-electron chi connectivity index (χ2n) is 7.22. The topological polar surface area (TPSA) is 39.1 Å². The molecule has 0 bridgehead atoms. The first-order chi connectivity index (χ1) is 14.8. The molecule has 172 valence electrons. The van der Waals surface area contributed by atoms with Gasteiger partial charge in [-0.05, 0) is 48.4 Å². The van der Waals surface area contributed by atoms with Crippen LogP contribution in [0.25, 0.3) is 11.3 Å². The first-order valence-corrected chi connectivity index (χ1v) is 11.1. The molecule has 0 aliphatic carbocycles. The van der Waals surface area contributed by atoms with Crippen molar-refractivity contribution in [3.63, 3.8) is 0 Å². The highest BCUT2D eigenvalue weighted by Crippen LogP contribution is 2.39. The van der Waals surface area contributed by atoms with Crippen LogP contribution in [-0.2, 0) is 28.7 Å². The molecule has 0 aliphatic rings. The van der Waals surface area contributed by atoms with Gasteiger partial charge in [-0.3, -0.25) is 0 Å². The first-order valence-electron chi connectivity index (χ1n) is 9.64. The molecule has 3 rings (SSSR count). The zero-order valence-corrected chi connectivity index (χ0v) is 17.7. The number of hydrogen-bond donors (Lipinski definition) is 0. The molecule has 0 N–H and O–H groups in total. The Balaban J connectivity index is 2.23. The molecule has 0 spiro atoms. The molecule has 0 saturated heterocycles. The lowest BCUT2D eigenvalue weighted by molar-refractivity contribution is -0.143. The van der Waals surface area contributed by atoms with Crippen molar-refractivity contribution < 1.29 is 34.8 Å². The average molecular weight is 475 g/mol. The molecule has 0 aliphatic heterocycles. The van der Waals surface area contributed by atoms with E-state index in [4.69, 9.17) is 0 Å². The lowest BCUT2D eigenvalue weighted by Crippen LogP contribution is -2.11. The summed E-state index contributed by atoms with van der Waals surface area (Å²) in [6.07, 6.45) is -7.52. The molecule has 0 amide bonds. The second-order valence-corrected chi connectivity index (χ2v) is 9.17. The van der Waals surface area contributed by atoms with Crippen molar-refractivity contribution in [2.75, 3.05) is 0 Å². The van der Waals surface area contributed by atoms with E-state index in [2.05, 4.69) is 0 Å². The van der Waals surface area contributed by atoms with E-state index < -0.39 is 33.3 Å². The summed E-state index contributed by atoms with van der Waals surface area (Å²) in [5.74, 6) is 0. The standard InChI is InChI=1S/C22H19F6NO2S/c1-2-3-9-29-14-19(32(30,31)18-7-5-4-6-8-18)13-20(29)15-10-16(21(23,24)25)12-17(11-15)22(26,27)28/h4-8,10-14H,2-3,9H2,1H3. The highest BCUT2D eigenvalue weighted by molar-refractivity contribution is 7.91. The van der Waals surface area contributed by atoms with Crippen LogP contribution in [-0.4, -0.2) is 13.0 Å². The molecular weight excluding hydrogens is 456 g/mol. The van der Waals surface area contributed by atoms with E-state index >= 15 is 0 Å². The molecule has 2 aromatic carbocycles. The smallest absolute Gasteiger partial charge is 0.346 e. The van der Waals surface area contributed by atoms with Gasteiger partial charge in [0.2, 0.25) is 9.84 Å². The van der Waals surface area contributed by atoms with E-state index in [-0.39, 0.29) is 33.7 Å². The van der Waals surface area contributed by atoms with Gasteiger partial charge in [-0.15, -0.1) is 0 Å². The minimum absolute atomic E-state index is 0.0285. The Morgan fingerprint density at radius 3 is 1.88 bits per heavy atom. The van der Waals surface area contributed by atoms with E-state index in [1.165, 1.54) is 35.0 Å². The lowest BCUT2D eigenvalue weighted by atomic mass is 10.0. The third kappa shape index (κ3) is 5.01. The van der Waals surface area contributed by atoms with E-state index in [1.807, 2.05) is 6.92 Å². The number of rotatable bonds is 6. The summed E-state index contributed by atoms with van der Waals surface area (Å²) in [5.41, 5.74) is -3.32. The Morgan fingerprint density at radius 2 is 1.38 bits per heavy atom. The summed E-state index contributed by atoms with van der Waals surface area (Å²) in [6.45, 7) is 2.09. The lowest BCUT2D eigenvalue weighted by Gasteiger charge is -2.15. The van der Waals surface area contributed by atoms with Gasteiger partial charge in [-0.2, -0.15) is 26.3 Å². The van der Waals surface area contributed by atoms with Crippen molar-refractivity contribution >= 4 is 9.84 Å². The van der Waals surface area contributed by atoms with Gasteiger partial charge in [0.1, 0.15) is 0 Å². The zero-order valence-electron chi connectivity index (χ0n) is 16.8. The highest BCUT2D eigenvalue weighted by atomic mass is 32.2. The molecule has 0 unspecified atom stereocenters. The van der Waals surface area contributed by atoms with Crippen LogP contribution in [0.1, 0.15) is 30.9 Å². The second kappa shape index (κ2) is 8.65. The number of aromatic nitrogens is 1. The molecule has 1 aromatic heterocycles. The summed E-state index contributed by atoms with van der Waals surface area (Å²) in [4.78, 5) is -0.236. The molecule has 0 radical (unpaired) electrons. The molecular formula is C22H19F6NO2S. The van der Waals surface area contributed by atoms with Gasteiger partial charge in [0, 0.05) is 18.4 Å². The number of nitrogens with zero attached hydrogens (tertiary/aromatic N) is 1. The maximum atomic E-state index is 13.3. The van der Waals surface area contributed by atoms with Gasteiger partial charge in [0.25, 0.3) is 0 Å². The van der Waals surface area contributed by atoms with Crippen LogP contribution in [0.2, 0.25) is 0 Å². The number of aryl methyl sites for hydroxylation is 1. The number of halogens is 6. The monoisotopic (exact) mass is 475 g/mol. The molecule has 0 fully saturated rings. The van der Waals surface area contributed by atoms with E-state index in [0.29, 0.717) is 25.0 Å².